The first-order valence-electron chi connectivity index (χ1n) is 9.10. The Balaban J connectivity index is 1.48. The molecular weight excluding hydrogens is 354 g/mol. The van der Waals surface area contributed by atoms with E-state index in [9.17, 15) is 4.79 Å². The summed E-state index contributed by atoms with van der Waals surface area (Å²) in [7, 11) is 1.78. The fourth-order valence-electron chi connectivity index (χ4n) is 3.08. The number of rotatable bonds is 7. The Hall–Kier alpha value is -3.61. The predicted molar refractivity (Wildman–Crippen MR) is 107 cm³/mol. The molecule has 1 aromatic carbocycles. The number of carbonyl (C=O) groups is 1. The van der Waals surface area contributed by atoms with Gasteiger partial charge in [-0.05, 0) is 12.1 Å². The normalized spacial score (nSPS) is 10.9. The first-order valence-corrected chi connectivity index (χ1v) is 9.10. The van der Waals surface area contributed by atoms with E-state index in [2.05, 4.69) is 10.3 Å². The van der Waals surface area contributed by atoms with E-state index in [0.29, 0.717) is 19.5 Å². The number of fused-ring (bicyclic) bond motifs is 1. The Bertz CT molecular complexity index is 1060. The van der Waals surface area contributed by atoms with Crippen LogP contribution < -0.4 is 5.32 Å². The summed E-state index contributed by atoms with van der Waals surface area (Å²) in [5.74, 6) is 1.66. The monoisotopic (exact) mass is 375 g/mol. The van der Waals surface area contributed by atoms with Crippen LogP contribution in [-0.4, -0.2) is 38.8 Å². The lowest BCUT2D eigenvalue weighted by atomic mass is 10.1. The lowest BCUT2D eigenvalue weighted by molar-refractivity contribution is -0.130. The molecule has 7 nitrogen and oxygen atoms in total. The SMILES string of the molecule is CN(Cc1ccco1)C(=O)CCNc1c(-c2ccccc2)nc2cnccn12. The molecule has 3 aromatic heterocycles. The molecule has 0 atom stereocenters. The van der Waals surface area contributed by atoms with E-state index >= 15 is 0 Å². The van der Waals surface area contributed by atoms with Gasteiger partial charge in [0.2, 0.25) is 5.91 Å². The molecule has 0 aliphatic heterocycles. The summed E-state index contributed by atoms with van der Waals surface area (Å²) < 4.78 is 7.25. The average molecular weight is 375 g/mol. The van der Waals surface area contributed by atoms with Crippen molar-refractivity contribution < 1.29 is 9.21 Å². The van der Waals surface area contributed by atoms with Crippen LogP contribution in [0.3, 0.4) is 0 Å². The molecule has 0 aliphatic rings. The van der Waals surface area contributed by atoms with Crippen LogP contribution in [0.1, 0.15) is 12.2 Å². The van der Waals surface area contributed by atoms with Crippen LogP contribution >= 0.6 is 0 Å². The molecule has 0 saturated heterocycles. The van der Waals surface area contributed by atoms with E-state index in [1.807, 2.05) is 53.1 Å². The van der Waals surface area contributed by atoms with Crippen LogP contribution in [0, 0.1) is 0 Å². The highest BCUT2D eigenvalue weighted by molar-refractivity contribution is 5.78. The molecule has 0 aliphatic carbocycles. The summed E-state index contributed by atoms with van der Waals surface area (Å²) in [6.07, 6.45) is 7.28. The summed E-state index contributed by atoms with van der Waals surface area (Å²) in [6, 6.07) is 13.6. The fourth-order valence-corrected chi connectivity index (χ4v) is 3.08. The van der Waals surface area contributed by atoms with Crippen LogP contribution in [-0.2, 0) is 11.3 Å². The van der Waals surface area contributed by atoms with E-state index in [1.54, 1.807) is 30.6 Å². The number of benzene rings is 1. The standard InChI is InChI=1S/C21H21N5O2/c1-25(15-17-8-5-13-28-17)19(27)9-10-23-21-20(16-6-3-2-4-7-16)24-18-14-22-11-12-26(18)21/h2-8,11-14,23H,9-10,15H2,1H3. The van der Waals surface area contributed by atoms with Gasteiger partial charge < -0.3 is 14.6 Å². The molecule has 142 valence electrons. The van der Waals surface area contributed by atoms with E-state index in [4.69, 9.17) is 9.40 Å². The quantitative estimate of drug-likeness (QED) is 0.535. The maximum atomic E-state index is 12.4. The van der Waals surface area contributed by atoms with Crippen molar-refractivity contribution in [3.63, 3.8) is 0 Å². The zero-order valence-corrected chi connectivity index (χ0v) is 15.6. The van der Waals surface area contributed by atoms with Crippen LogP contribution in [0.5, 0.6) is 0 Å². The number of furan rings is 1. The second-order valence-corrected chi connectivity index (χ2v) is 6.49. The maximum absolute atomic E-state index is 12.4. The minimum Gasteiger partial charge on any atom is -0.467 e. The Morgan fingerprint density at radius 1 is 1.21 bits per heavy atom. The van der Waals surface area contributed by atoms with E-state index in [1.165, 1.54) is 0 Å². The topological polar surface area (TPSA) is 75.7 Å². The zero-order chi connectivity index (χ0) is 19.3. The zero-order valence-electron chi connectivity index (χ0n) is 15.6. The molecule has 7 heteroatoms. The smallest absolute Gasteiger partial charge is 0.224 e. The molecule has 0 saturated carbocycles. The number of amides is 1. The summed E-state index contributed by atoms with van der Waals surface area (Å²) in [5, 5.41) is 3.38. The number of nitrogens with one attached hydrogen (secondary N) is 1. The average Bonchev–Trinajstić information content (AvgIpc) is 3.36. The molecule has 0 unspecified atom stereocenters. The molecule has 3 heterocycles. The summed E-state index contributed by atoms with van der Waals surface area (Å²) in [5.41, 5.74) is 2.60. The minimum absolute atomic E-state index is 0.0423. The van der Waals surface area contributed by atoms with Crippen molar-refractivity contribution in [1.82, 2.24) is 19.3 Å². The highest BCUT2D eigenvalue weighted by Gasteiger charge is 2.15. The fraction of sp³-hybridized carbons (Fsp3) is 0.190. The number of carbonyl (C=O) groups excluding carboxylic acids is 1. The van der Waals surface area contributed by atoms with E-state index < -0.39 is 0 Å². The second-order valence-electron chi connectivity index (χ2n) is 6.49. The van der Waals surface area contributed by atoms with E-state index in [0.717, 1.165) is 28.5 Å². The van der Waals surface area contributed by atoms with Crippen LogP contribution in [0.15, 0.2) is 71.7 Å². The molecule has 4 rings (SSSR count). The third-order valence-corrected chi connectivity index (χ3v) is 4.51. The Morgan fingerprint density at radius 2 is 2.07 bits per heavy atom. The number of imidazole rings is 1. The van der Waals surface area contributed by atoms with Crippen molar-refractivity contribution >= 4 is 17.4 Å². The number of aromatic nitrogens is 3. The van der Waals surface area contributed by atoms with Gasteiger partial charge >= 0.3 is 0 Å². The van der Waals surface area contributed by atoms with Gasteiger partial charge in [-0.3, -0.25) is 14.2 Å². The van der Waals surface area contributed by atoms with Gasteiger partial charge in [-0.15, -0.1) is 0 Å². The van der Waals surface area contributed by atoms with Crippen molar-refractivity contribution in [2.24, 2.45) is 0 Å². The number of nitrogens with zero attached hydrogens (tertiary/aromatic N) is 4. The first kappa shape index (κ1) is 17.8. The molecule has 0 radical (unpaired) electrons. The van der Waals surface area contributed by atoms with Gasteiger partial charge in [0.05, 0.1) is 19.0 Å². The summed E-state index contributed by atoms with van der Waals surface area (Å²) in [6.45, 7) is 0.958. The molecule has 1 amide bonds. The summed E-state index contributed by atoms with van der Waals surface area (Å²) >= 11 is 0. The van der Waals surface area contributed by atoms with Gasteiger partial charge in [-0.1, -0.05) is 30.3 Å². The largest absolute Gasteiger partial charge is 0.467 e. The number of hydrogen-bond donors (Lipinski definition) is 1. The third-order valence-electron chi connectivity index (χ3n) is 4.51. The van der Waals surface area contributed by atoms with Crippen molar-refractivity contribution in [1.29, 1.82) is 0 Å². The molecule has 0 bridgehead atoms. The molecule has 4 aromatic rings. The Labute approximate surface area is 162 Å². The highest BCUT2D eigenvalue weighted by atomic mass is 16.3. The second kappa shape index (κ2) is 7.96. The third kappa shape index (κ3) is 3.73. The molecular formula is C21H21N5O2. The van der Waals surface area contributed by atoms with Crippen LogP contribution in [0.25, 0.3) is 16.9 Å². The first-order chi connectivity index (χ1) is 13.7. The number of hydrogen-bond acceptors (Lipinski definition) is 5. The van der Waals surface area contributed by atoms with Gasteiger partial charge in [-0.2, -0.15) is 0 Å². The predicted octanol–water partition coefficient (Wildman–Crippen LogP) is 3.45. The lowest BCUT2D eigenvalue weighted by Gasteiger charge is -2.16. The van der Waals surface area contributed by atoms with Crippen molar-refractivity contribution in [3.05, 3.63) is 73.1 Å². The molecule has 1 N–H and O–H groups in total. The lowest BCUT2D eigenvalue weighted by Crippen LogP contribution is -2.27. The maximum Gasteiger partial charge on any atom is 0.224 e. The van der Waals surface area contributed by atoms with Gasteiger partial charge in [-0.25, -0.2) is 4.98 Å². The van der Waals surface area contributed by atoms with Crippen LogP contribution in [0.2, 0.25) is 0 Å². The minimum atomic E-state index is 0.0423. The molecule has 28 heavy (non-hydrogen) atoms. The Morgan fingerprint density at radius 3 is 2.86 bits per heavy atom. The summed E-state index contributed by atoms with van der Waals surface area (Å²) in [4.78, 5) is 22.9. The van der Waals surface area contributed by atoms with Gasteiger partial charge in [0.15, 0.2) is 5.65 Å². The highest BCUT2D eigenvalue weighted by Crippen LogP contribution is 2.28. The van der Waals surface area contributed by atoms with Gasteiger partial charge in [0.1, 0.15) is 17.3 Å². The molecule has 0 spiro atoms. The van der Waals surface area contributed by atoms with Crippen molar-refractivity contribution in [3.8, 4) is 11.3 Å². The van der Waals surface area contributed by atoms with Gasteiger partial charge in [0, 0.05) is 38.0 Å². The Kier molecular flexibility index (Phi) is 5.05. The number of anilines is 1. The van der Waals surface area contributed by atoms with E-state index in [-0.39, 0.29) is 5.91 Å². The van der Waals surface area contributed by atoms with Crippen LogP contribution in [0.4, 0.5) is 5.82 Å². The molecule has 0 fully saturated rings. The van der Waals surface area contributed by atoms with Gasteiger partial charge in [0.25, 0.3) is 0 Å². The van der Waals surface area contributed by atoms with Crippen molar-refractivity contribution in [2.45, 2.75) is 13.0 Å². The van der Waals surface area contributed by atoms with Crippen molar-refractivity contribution in [2.75, 3.05) is 18.9 Å².